The summed E-state index contributed by atoms with van der Waals surface area (Å²) in [5.41, 5.74) is 3.21. The van der Waals surface area contributed by atoms with E-state index in [4.69, 9.17) is 4.74 Å². The molecule has 33 heavy (non-hydrogen) atoms. The zero-order valence-corrected chi connectivity index (χ0v) is 18.7. The van der Waals surface area contributed by atoms with Gasteiger partial charge in [-0.05, 0) is 74.4 Å². The van der Waals surface area contributed by atoms with Gasteiger partial charge in [-0.1, -0.05) is 29.8 Å². The zero-order valence-electron chi connectivity index (χ0n) is 18.7. The minimum atomic E-state index is -0.897. The second kappa shape index (κ2) is 8.82. The molecule has 1 amide bonds. The van der Waals surface area contributed by atoms with Gasteiger partial charge in [0.1, 0.15) is 17.3 Å². The molecule has 4 rings (SSSR count). The van der Waals surface area contributed by atoms with Crippen molar-refractivity contribution in [3.8, 4) is 11.5 Å². The Hall–Kier alpha value is -4.06. The quantitative estimate of drug-likeness (QED) is 0.328. The summed E-state index contributed by atoms with van der Waals surface area (Å²) in [5.74, 6) is -1.12. The lowest BCUT2D eigenvalue weighted by atomic mass is 9.94. The maximum atomic E-state index is 13.2. The number of ether oxygens (including phenoxy) is 1. The number of ketones is 1. The molecule has 3 aromatic rings. The number of rotatable bonds is 5. The van der Waals surface area contributed by atoms with Crippen LogP contribution in [-0.4, -0.2) is 28.5 Å². The van der Waals surface area contributed by atoms with Crippen molar-refractivity contribution in [2.24, 2.45) is 0 Å². The Morgan fingerprint density at radius 3 is 2.36 bits per heavy atom. The van der Waals surface area contributed by atoms with E-state index in [2.05, 4.69) is 0 Å². The number of Topliss-reactive ketones (excluding diaryl/α,β-unsaturated/α-hetero) is 1. The van der Waals surface area contributed by atoms with Crippen LogP contribution < -0.4 is 9.64 Å². The highest BCUT2D eigenvalue weighted by Crippen LogP contribution is 2.43. The molecular weight excluding hydrogens is 418 g/mol. The first-order valence-electron chi connectivity index (χ1n) is 10.7. The van der Waals surface area contributed by atoms with Gasteiger partial charge in [0.15, 0.2) is 0 Å². The van der Waals surface area contributed by atoms with E-state index in [0.717, 1.165) is 11.1 Å². The van der Waals surface area contributed by atoms with Gasteiger partial charge in [-0.15, -0.1) is 0 Å². The number of carbonyl (C=O) groups excluding carboxylic acids is 2. The fourth-order valence-corrected chi connectivity index (χ4v) is 4.08. The molecular formula is C27H25NO5. The second-order valence-corrected chi connectivity index (χ2v) is 8.01. The van der Waals surface area contributed by atoms with Crippen LogP contribution in [0.1, 0.15) is 35.2 Å². The number of anilines is 1. The second-order valence-electron chi connectivity index (χ2n) is 8.01. The van der Waals surface area contributed by atoms with Crippen molar-refractivity contribution >= 4 is 23.1 Å². The number of nitrogens with zero attached hydrogens (tertiary/aromatic N) is 1. The van der Waals surface area contributed by atoms with Crippen LogP contribution in [0, 0.1) is 13.8 Å². The monoisotopic (exact) mass is 443 g/mol. The molecule has 0 aromatic heterocycles. The molecule has 0 spiro atoms. The maximum absolute atomic E-state index is 13.2. The van der Waals surface area contributed by atoms with Crippen LogP contribution in [0.5, 0.6) is 11.5 Å². The standard InChI is InChI=1S/C27H25NO5/c1-4-33-22-13-10-19(14-17(22)3)25(30)23-24(18-6-5-7-21(29)15-18)28(27(32)26(23)31)20-11-8-16(2)9-12-20/h5-15,24,29-30H,4H2,1-3H3/b25-23-. The van der Waals surface area contributed by atoms with Gasteiger partial charge in [-0.2, -0.15) is 0 Å². The summed E-state index contributed by atoms with van der Waals surface area (Å²) in [6, 6.07) is 17.8. The van der Waals surface area contributed by atoms with Crippen molar-refractivity contribution in [1.29, 1.82) is 0 Å². The van der Waals surface area contributed by atoms with Crippen LogP contribution in [0.25, 0.3) is 5.76 Å². The highest BCUT2D eigenvalue weighted by Gasteiger charge is 2.47. The first-order chi connectivity index (χ1) is 15.8. The lowest BCUT2D eigenvalue weighted by Gasteiger charge is -2.25. The van der Waals surface area contributed by atoms with Crippen molar-refractivity contribution in [1.82, 2.24) is 0 Å². The third kappa shape index (κ3) is 4.07. The minimum absolute atomic E-state index is 0.00101. The number of aromatic hydroxyl groups is 1. The summed E-state index contributed by atoms with van der Waals surface area (Å²) in [6.45, 7) is 6.17. The van der Waals surface area contributed by atoms with E-state index in [1.54, 1.807) is 42.5 Å². The SMILES string of the molecule is CCOc1ccc(/C(O)=C2/C(=O)C(=O)N(c3ccc(C)cc3)C2c2cccc(O)c2)cc1C. The smallest absolute Gasteiger partial charge is 0.300 e. The van der Waals surface area contributed by atoms with Gasteiger partial charge in [-0.3, -0.25) is 14.5 Å². The number of benzene rings is 3. The molecule has 1 saturated heterocycles. The topological polar surface area (TPSA) is 87.1 Å². The molecule has 1 heterocycles. The van der Waals surface area contributed by atoms with Crippen molar-refractivity contribution in [2.45, 2.75) is 26.8 Å². The van der Waals surface area contributed by atoms with Crippen LogP contribution in [0.15, 0.2) is 72.3 Å². The fraction of sp³-hybridized carbons (Fsp3) is 0.185. The van der Waals surface area contributed by atoms with Crippen molar-refractivity contribution in [2.75, 3.05) is 11.5 Å². The Morgan fingerprint density at radius 1 is 1.00 bits per heavy atom. The number of aryl methyl sites for hydroxylation is 2. The Morgan fingerprint density at radius 2 is 1.73 bits per heavy atom. The third-order valence-electron chi connectivity index (χ3n) is 5.69. The molecule has 0 aliphatic carbocycles. The summed E-state index contributed by atoms with van der Waals surface area (Å²) in [6.07, 6.45) is 0. The number of phenolic OH excluding ortho intramolecular Hbond substituents is 1. The summed E-state index contributed by atoms with van der Waals surface area (Å²) >= 11 is 0. The van der Waals surface area contributed by atoms with Crippen LogP contribution in [0.2, 0.25) is 0 Å². The Labute approximate surface area is 192 Å². The molecule has 1 fully saturated rings. The largest absolute Gasteiger partial charge is 0.508 e. The first-order valence-corrected chi connectivity index (χ1v) is 10.7. The Balaban J connectivity index is 1.91. The predicted molar refractivity (Wildman–Crippen MR) is 126 cm³/mol. The van der Waals surface area contributed by atoms with Gasteiger partial charge in [-0.25, -0.2) is 0 Å². The lowest BCUT2D eigenvalue weighted by Crippen LogP contribution is -2.29. The van der Waals surface area contributed by atoms with E-state index in [9.17, 15) is 19.8 Å². The van der Waals surface area contributed by atoms with Crippen LogP contribution in [0.3, 0.4) is 0 Å². The predicted octanol–water partition coefficient (Wildman–Crippen LogP) is 5.03. The van der Waals surface area contributed by atoms with Crippen molar-refractivity contribution < 1.29 is 24.5 Å². The van der Waals surface area contributed by atoms with E-state index in [0.29, 0.717) is 29.2 Å². The highest BCUT2D eigenvalue weighted by molar-refractivity contribution is 6.51. The molecule has 1 aliphatic rings. The van der Waals surface area contributed by atoms with E-state index in [-0.39, 0.29) is 17.1 Å². The average Bonchev–Trinajstić information content (AvgIpc) is 3.06. The number of hydrogen-bond acceptors (Lipinski definition) is 5. The molecule has 6 nitrogen and oxygen atoms in total. The summed E-state index contributed by atoms with van der Waals surface area (Å²) < 4.78 is 5.57. The summed E-state index contributed by atoms with van der Waals surface area (Å²) in [4.78, 5) is 27.7. The van der Waals surface area contributed by atoms with Crippen LogP contribution in [0.4, 0.5) is 5.69 Å². The molecule has 168 valence electrons. The molecule has 0 radical (unpaired) electrons. The van der Waals surface area contributed by atoms with E-state index in [1.807, 2.05) is 32.9 Å². The van der Waals surface area contributed by atoms with Crippen molar-refractivity contribution in [3.63, 3.8) is 0 Å². The Kier molecular flexibility index (Phi) is 5.92. The number of carbonyl (C=O) groups is 2. The van der Waals surface area contributed by atoms with Crippen LogP contribution >= 0.6 is 0 Å². The average molecular weight is 443 g/mol. The normalized spacial score (nSPS) is 17.4. The molecule has 0 bridgehead atoms. The van der Waals surface area contributed by atoms with E-state index in [1.165, 1.54) is 17.0 Å². The molecule has 0 saturated carbocycles. The van der Waals surface area contributed by atoms with Crippen LogP contribution in [-0.2, 0) is 9.59 Å². The summed E-state index contributed by atoms with van der Waals surface area (Å²) in [7, 11) is 0. The molecule has 6 heteroatoms. The van der Waals surface area contributed by atoms with Gasteiger partial charge in [0.2, 0.25) is 0 Å². The van der Waals surface area contributed by atoms with Gasteiger partial charge < -0.3 is 14.9 Å². The zero-order chi connectivity index (χ0) is 23.7. The van der Waals surface area contributed by atoms with E-state index < -0.39 is 17.7 Å². The highest BCUT2D eigenvalue weighted by atomic mass is 16.5. The van der Waals surface area contributed by atoms with Gasteiger partial charge in [0.25, 0.3) is 11.7 Å². The number of amides is 1. The number of aliphatic hydroxyl groups excluding tert-OH is 1. The molecule has 1 unspecified atom stereocenters. The van der Waals surface area contributed by atoms with E-state index >= 15 is 0 Å². The number of hydrogen-bond donors (Lipinski definition) is 2. The third-order valence-corrected chi connectivity index (χ3v) is 5.69. The molecule has 1 atom stereocenters. The minimum Gasteiger partial charge on any atom is -0.508 e. The van der Waals surface area contributed by atoms with Crippen molar-refractivity contribution in [3.05, 3.63) is 94.6 Å². The lowest BCUT2D eigenvalue weighted by molar-refractivity contribution is -0.132. The Bertz CT molecular complexity index is 1260. The molecule has 2 N–H and O–H groups in total. The summed E-state index contributed by atoms with van der Waals surface area (Å²) in [5, 5.41) is 21.3. The van der Waals surface area contributed by atoms with Gasteiger partial charge in [0, 0.05) is 11.3 Å². The molecule has 1 aliphatic heterocycles. The number of aliphatic hydroxyl groups is 1. The van der Waals surface area contributed by atoms with Gasteiger partial charge >= 0.3 is 0 Å². The molecule has 3 aromatic carbocycles. The van der Waals surface area contributed by atoms with Gasteiger partial charge in [0.05, 0.1) is 18.2 Å². The first kappa shape index (κ1) is 22.1. The maximum Gasteiger partial charge on any atom is 0.300 e. The number of phenols is 1. The fourth-order valence-electron chi connectivity index (χ4n) is 4.08.